The number of nitrogens with zero attached hydrogens (tertiary/aromatic N) is 2. The van der Waals surface area contributed by atoms with E-state index in [0.29, 0.717) is 6.04 Å². The Morgan fingerprint density at radius 2 is 2.21 bits per heavy atom. The van der Waals surface area contributed by atoms with Crippen LogP contribution in [-0.4, -0.2) is 35.6 Å². The molecule has 3 rings (SSSR count). The van der Waals surface area contributed by atoms with Crippen molar-refractivity contribution in [2.75, 3.05) is 23.4 Å². The molecule has 0 N–H and O–H groups in total. The Hall–Kier alpha value is -1.13. The van der Waals surface area contributed by atoms with Gasteiger partial charge in [-0.25, -0.2) is 0 Å². The molecule has 2 unspecified atom stereocenters. The zero-order valence-electron chi connectivity index (χ0n) is 10.9. The minimum atomic E-state index is 0.253. The number of anilines is 1. The van der Waals surface area contributed by atoms with Gasteiger partial charge in [0, 0.05) is 35.2 Å². The highest BCUT2D eigenvalue weighted by Gasteiger charge is 2.26. The number of morpholine rings is 1. The molecule has 0 aliphatic carbocycles. The molecule has 2 aromatic rings. The summed E-state index contributed by atoms with van der Waals surface area (Å²) in [5, 5.41) is 2.09. The van der Waals surface area contributed by atoms with Gasteiger partial charge in [-0.1, -0.05) is 34.1 Å². The smallest absolute Gasteiger partial charge is 0.0847 e. The molecule has 1 fully saturated rings. The number of rotatable bonds is 2. The maximum atomic E-state index is 5.80. The molecule has 0 saturated carbocycles. The fraction of sp³-hybridized carbons (Fsp3) is 0.400. The number of para-hydroxylation sites is 1. The molecule has 1 aromatic carbocycles. The van der Waals surface area contributed by atoms with Gasteiger partial charge in [-0.3, -0.25) is 4.98 Å². The number of aromatic nitrogens is 1. The standard InChI is InChI=1S/C15H17BrN2O/c1-11-10-19-12(8-16)9-18(11)15-6-7-17-14-5-3-2-4-13(14)15/h2-7,11-12H,8-10H2,1H3. The minimum absolute atomic E-state index is 0.253. The fourth-order valence-corrected chi connectivity index (χ4v) is 2.97. The lowest BCUT2D eigenvalue weighted by atomic mass is 10.1. The highest BCUT2D eigenvalue weighted by Crippen LogP contribution is 2.29. The van der Waals surface area contributed by atoms with E-state index in [-0.39, 0.29) is 6.10 Å². The van der Waals surface area contributed by atoms with Crippen molar-refractivity contribution in [3.05, 3.63) is 36.5 Å². The van der Waals surface area contributed by atoms with Crippen molar-refractivity contribution in [3.63, 3.8) is 0 Å². The van der Waals surface area contributed by atoms with Crippen molar-refractivity contribution in [2.45, 2.75) is 19.1 Å². The summed E-state index contributed by atoms with van der Waals surface area (Å²) in [5.41, 5.74) is 2.31. The first-order valence-corrected chi connectivity index (χ1v) is 7.69. The summed E-state index contributed by atoms with van der Waals surface area (Å²) in [5.74, 6) is 0. The van der Waals surface area contributed by atoms with Gasteiger partial charge in [-0.15, -0.1) is 0 Å². The normalized spacial score (nSPS) is 23.8. The molecule has 1 aliphatic heterocycles. The van der Waals surface area contributed by atoms with Gasteiger partial charge in [0.15, 0.2) is 0 Å². The van der Waals surface area contributed by atoms with Crippen molar-refractivity contribution >= 4 is 32.5 Å². The highest BCUT2D eigenvalue weighted by molar-refractivity contribution is 9.09. The monoisotopic (exact) mass is 320 g/mol. The van der Waals surface area contributed by atoms with Crippen molar-refractivity contribution in [2.24, 2.45) is 0 Å². The lowest BCUT2D eigenvalue weighted by Gasteiger charge is -2.39. The molecule has 19 heavy (non-hydrogen) atoms. The van der Waals surface area contributed by atoms with Crippen LogP contribution < -0.4 is 4.90 Å². The van der Waals surface area contributed by atoms with Crippen LogP contribution in [0, 0.1) is 0 Å². The predicted octanol–water partition coefficient (Wildman–Crippen LogP) is 3.22. The minimum Gasteiger partial charge on any atom is -0.373 e. The number of halogens is 1. The van der Waals surface area contributed by atoms with Crippen LogP contribution in [0.2, 0.25) is 0 Å². The molecule has 100 valence electrons. The zero-order chi connectivity index (χ0) is 13.2. The number of ether oxygens (including phenoxy) is 1. The molecule has 2 atom stereocenters. The predicted molar refractivity (Wildman–Crippen MR) is 82.1 cm³/mol. The first-order valence-electron chi connectivity index (χ1n) is 6.57. The average Bonchev–Trinajstić information content (AvgIpc) is 2.47. The maximum absolute atomic E-state index is 5.80. The summed E-state index contributed by atoms with van der Waals surface area (Å²) in [6.45, 7) is 3.90. The maximum Gasteiger partial charge on any atom is 0.0847 e. The summed E-state index contributed by atoms with van der Waals surface area (Å²) in [7, 11) is 0. The van der Waals surface area contributed by atoms with E-state index in [1.165, 1.54) is 11.1 Å². The van der Waals surface area contributed by atoms with Gasteiger partial charge in [0.1, 0.15) is 0 Å². The van der Waals surface area contributed by atoms with Gasteiger partial charge in [-0.05, 0) is 19.1 Å². The van der Waals surface area contributed by atoms with E-state index in [1.807, 2.05) is 12.3 Å². The number of fused-ring (bicyclic) bond motifs is 1. The molecule has 1 saturated heterocycles. The second kappa shape index (κ2) is 5.47. The van der Waals surface area contributed by atoms with Gasteiger partial charge >= 0.3 is 0 Å². The van der Waals surface area contributed by atoms with Crippen molar-refractivity contribution in [1.29, 1.82) is 0 Å². The highest BCUT2D eigenvalue weighted by atomic mass is 79.9. The van der Waals surface area contributed by atoms with Gasteiger partial charge < -0.3 is 9.64 Å². The van der Waals surface area contributed by atoms with Crippen LogP contribution in [-0.2, 0) is 4.74 Å². The van der Waals surface area contributed by atoms with E-state index < -0.39 is 0 Å². The molecule has 0 bridgehead atoms. The van der Waals surface area contributed by atoms with E-state index in [1.54, 1.807) is 0 Å². The molecule has 3 nitrogen and oxygen atoms in total. The third kappa shape index (κ3) is 2.47. The second-order valence-electron chi connectivity index (χ2n) is 4.96. The van der Waals surface area contributed by atoms with Gasteiger partial charge in [-0.2, -0.15) is 0 Å². The van der Waals surface area contributed by atoms with E-state index in [0.717, 1.165) is 24.0 Å². The Kier molecular flexibility index (Phi) is 3.71. The van der Waals surface area contributed by atoms with Crippen LogP contribution in [0.4, 0.5) is 5.69 Å². The van der Waals surface area contributed by atoms with E-state index in [2.05, 4.69) is 57.0 Å². The third-order valence-corrected chi connectivity index (χ3v) is 4.34. The molecule has 1 aromatic heterocycles. The summed E-state index contributed by atoms with van der Waals surface area (Å²) < 4.78 is 5.80. The van der Waals surface area contributed by atoms with Crippen molar-refractivity contribution in [3.8, 4) is 0 Å². The molecular formula is C15H17BrN2O. The third-order valence-electron chi connectivity index (χ3n) is 3.61. The Morgan fingerprint density at radius 3 is 3.05 bits per heavy atom. The number of pyridine rings is 1. The molecule has 0 spiro atoms. The van der Waals surface area contributed by atoms with Crippen LogP contribution in [0.15, 0.2) is 36.5 Å². The first-order chi connectivity index (χ1) is 9.29. The SMILES string of the molecule is CC1COC(CBr)CN1c1ccnc2ccccc12. The van der Waals surface area contributed by atoms with Crippen molar-refractivity contribution < 1.29 is 4.74 Å². The lowest BCUT2D eigenvalue weighted by Crippen LogP contribution is -2.49. The summed E-state index contributed by atoms with van der Waals surface area (Å²) >= 11 is 3.52. The molecular weight excluding hydrogens is 304 g/mol. The lowest BCUT2D eigenvalue weighted by molar-refractivity contribution is 0.0381. The van der Waals surface area contributed by atoms with Gasteiger partial charge in [0.25, 0.3) is 0 Å². The quantitative estimate of drug-likeness (QED) is 0.794. The topological polar surface area (TPSA) is 25.4 Å². The van der Waals surface area contributed by atoms with Crippen LogP contribution in [0.5, 0.6) is 0 Å². The Balaban J connectivity index is 2.02. The van der Waals surface area contributed by atoms with Crippen molar-refractivity contribution in [1.82, 2.24) is 4.98 Å². The Bertz CT molecular complexity index is 570. The van der Waals surface area contributed by atoms with Crippen LogP contribution in [0.1, 0.15) is 6.92 Å². The van der Waals surface area contributed by atoms with Crippen LogP contribution in [0.25, 0.3) is 10.9 Å². The first kappa shape index (κ1) is 12.9. The fourth-order valence-electron chi connectivity index (χ4n) is 2.58. The number of benzene rings is 1. The summed E-state index contributed by atoms with van der Waals surface area (Å²) in [6, 6.07) is 10.8. The molecule has 0 radical (unpaired) electrons. The van der Waals surface area contributed by atoms with E-state index >= 15 is 0 Å². The van der Waals surface area contributed by atoms with Gasteiger partial charge in [0.05, 0.1) is 18.2 Å². The molecule has 1 aliphatic rings. The number of alkyl halides is 1. The Labute approximate surface area is 121 Å². The number of hydrogen-bond acceptors (Lipinski definition) is 3. The van der Waals surface area contributed by atoms with Crippen LogP contribution in [0.3, 0.4) is 0 Å². The second-order valence-corrected chi connectivity index (χ2v) is 5.61. The molecule has 0 amide bonds. The van der Waals surface area contributed by atoms with E-state index in [9.17, 15) is 0 Å². The summed E-state index contributed by atoms with van der Waals surface area (Å²) in [4.78, 5) is 6.86. The number of hydrogen-bond donors (Lipinski definition) is 0. The molecule has 2 heterocycles. The van der Waals surface area contributed by atoms with Gasteiger partial charge in [0.2, 0.25) is 0 Å². The zero-order valence-corrected chi connectivity index (χ0v) is 12.5. The van der Waals surface area contributed by atoms with E-state index in [4.69, 9.17) is 4.74 Å². The average molecular weight is 321 g/mol. The van der Waals surface area contributed by atoms with Crippen LogP contribution >= 0.6 is 15.9 Å². The largest absolute Gasteiger partial charge is 0.373 e. The summed E-state index contributed by atoms with van der Waals surface area (Å²) in [6.07, 6.45) is 2.14. The molecule has 4 heteroatoms. The Morgan fingerprint density at radius 1 is 1.37 bits per heavy atom.